The van der Waals surface area contributed by atoms with E-state index in [0.29, 0.717) is 26.2 Å². The Morgan fingerprint density at radius 1 is 0.975 bits per heavy atom. The second-order valence-corrected chi connectivity index (χ2v) is 11.0. The topological polar surface area (TPSA) is 91.0 Å². The van der Waals surface area contributed by atoms with Crippen LogP contribution in [0.25, 0.3) is 11.1 Å². The van der Waals surface area contributed by atoms with Crippen LogP contribution in [0, 0.1) is 6.92 Å². The smallest absolute Gasteiger partial charge is 0.243 e. The molecule has 8 heteroatoms. The fourth-order valence-corrected chi connectivity index (χ4v) is 5.61. The monoisotopic (exact) mass is 548 g/mol. The van der Waals surface area contributed by atoms with E-state index in [1.165, 1.54) is 37.1 Å². The van der Waals surface area contributed by atoms with E-state index >= 15 is 0 Å². The lowest BCUT2D eigenvalue weighted by atomic mass is 9.98. The minimum Gasteiger partial charge on any atom is -0.381 e. The zero-order valence-electron chi connectivity index (χ0n) is 24.0. The molecule has 216 valence electrons. The van der Waals surface area contributed by atoms with E-state index in [1.807, 2.05) is 31.2 Å². The van der Waals surface area contributed by atoms with Crippen LogP contribution in [0.4, 0.5) is 0 Å². The van der Waals surface area contributed by atoms with Crippen molar-refractivity contribution in [3.8, 4) is 11.1 Å². The fraction of sp³-hybridized carbons (Fsp3) is 0.531. The molecule has 0 spiro atoms. The summed E-state index contributed by atoms with van der Waals surface area (Å²) in [6.07, 6.45) is 5.14. The van der Waals surface area contributed by atoms with E-state index < -0.39 is 6.04 Å². The van der Waals surface area contributed by atoms with Gasteiger partial charge >= 0.3 is 0 Å². The molecular weight excluding hydrogens is 504 g/mol. The van der Waals surface area contributed by atoms with Gasteiger partial charge in [0.15, 0.2) is 0 Å². The predicted octanol–water partition coefficient (Wildman–Crippen LogP) is 3.84. The Kier molecular flexibility index (Phi) is 11.1. The summed E-state index contributed by atoms with van der Waals surface area (Å²) in [5, 5.41) is 5.77. The number of nitrogens with one attached hydrogen (secondary N) is 2. The summed E-state index contributed by atoms with van der Waals surface area (Å²) in [5.41, 5.74) is 4.56. The van der Waals surface area contributed by atoms with Gasteiger partial charge in [-0.05, 0) is 81.3 Å². The highest BCUT2D eigenvalue weighted by Crippen LogP contribution is 2.25. The Labute approximate surface area is 238 Å². The largest absolute Gasteiger partial charge is 0.381 e. The molecule has 2 aliphatic heterocycles. The van der Waals surface area contributed by atoms with Crippen LogP contribution in [0.1, 0.15) is 62.6 Å². The summed E-state index contributed by atoms with van der Waals surface area (Å²) in [7, 11) is 0. The van der Waals surface area contributed by atoms with E-state index in [4.69, 9.17) is 4.74 Å². The Bertz CT molecular complexity index is 1130. The van der Waals surface area contributed by atoms with Crippen LogP contribution in [0.15, 0.2) is 48.5 Å². The summed E-state index contributed by atoms with van der Waals surface area (Å²) >= 11 is 0. The van der Waals surface area contributed by atoms with Gasteiger partial charge in [-0.1, -0.05) is 48.5 Å². The van der Waals surface area contributed by atoms with Crippen molar-refractivity contribution >= 4 is 17.7 Å². The molecular formula is C32H44N4O4. The van der Waals surface area contributed by atoms with Gasteiger partial charge in [-0.3, -0.25) is 14.4 Å². The lowest BCUT2D eigenvalue weighted by Gasteiger charge is -2.26. The van der Waals surface area contributed by atoms with Crippen molar-refractivity contribution in [2.45, 2.75) is 64.5 Å². The minimum absolute atomic E-state index is 0.104. The van der Waals surface area contributed by atoms with Crippen LogP contribution >= 0.6 is 0 Å². The summed E-state index contributed by atoms with van der Waals surface area (Å²) in [6, 6.07) is 15.8. The van der Waals surface area contributed by atoms with E-state index in [0.717, 1.165) is 30.5 Å². The molecule has 2 N–H and O–H groups in total. The number of carbonyl (C=O) groups excluding carboxylic acids is 3. The summed E-state index contributed by atoms with van der Waals surface area (Å²) in [6.45, 7) is 8.86. The number of hydrogen-bond acceptors (Lipinski definition) is 5. The number of ether oxygens (including phenoxy) is 1. The Morgan fingerprint density at radius 2 is 1.73 bits per heavy atom. The molecule has 0 saturated carbocycles. The van der Waals surface area contributed by atoms with Gasteiger partial charge in [-0.15, -0.1) is 0 Å². The second kappa shape index (κ2) is 15.0. The summed E-state index contributed by atoms with van der Waals surface area (Å²) < 4.78 is 5.59. The fourth-order valence-electron chi connectivity index (χ4n) is 5.61. The van der Waals surface area contributed by atoms with Crippen molar-refractivity contribution in [3.05, 3.63) is 59.7 Å². The standard InChI is InChI=1S/C32H44N4O4/c1-24-9-3-4-10-28(24)27-14-12-26(13-15-27)25(2)34-32(39)29-11-7-20-36(29)31(38)23-33-30(37)16-22-40-21-8-19-35-17-5-6-18-35/h3-4,9-10,12-15,25,29H,5-8,11,16-23H2,1-2H3,(H,33,37)(H,34,39). The van der Waals surface area contributed by atoms with Gasteiger partial charge in [-0.2, -0.15) is 0 Å². The number of rotatable bonds is 13. The van der Waals surface area contributed by atoms with Gasteiger partial charge in [-0.25, -0.2) is 0 Å². The minimum atomic E-state index is -0.517. The predicted molar refractivity (Wildman–Crippen MR) is 157 cm³/mol. The number of nitrogens with zero attached hydrogens (tertiary/aromatic N) is 2. The average molecular weight is 549 g/mol. The number of amides is 3. The lowest BCUT2D eigenvalue weighted by molar-refractivity contribution is -0.139. The Balaban J connectivity index is 1.17. The molecule has 2 atom stereocenters. The zero-order chi connectivity index (χ0) is 28.3. The first kappa shape index (κ1) is 29.7. The maximum atomic E-state index is 13.1. The Morgan fingerprint density at radius 3 is 2.48 bits per heavy atom. The highest BCUT2D eigenvalue weighted by molar-refractivity contribution is 5.90. The molecule has 4 rings (SSSR count). The van der Waals surface area contributed by atoms with Crippen molar-refractivity contribution in [3.63, 3.8) is 0 Å². The molecule has 2 aromatic rings. The highest BCUT2D eigenvalue weighted by atomic mass is 16.5. The van der Waals surface area contributed by atoms with Gasteiger partial charge in [0.05, 0.1) is 19.2 Å². The van der Waals surface area contributed by atoms with Crippen molar-refractivity contribution < 1.29 is 19.1 Å². The number of aryl methyl sites for hydroxylation is 1. The molecule has 0 radical (unpaired) electrons. The third-order valence-corrected chi connectivity index (χ3v) is 7.97. The van der Waals surface area contributed by atoms with Gasteiger partial charge in [0.25, 0.3) is 0 Å². The highest BCUT2D eigenvalue weighted by Gasteiger charge is 2.34. The van der Waals surface area contributed by atoms with Crippen LogP contribution in [-0.2, 0) is 19.1 Å². The number of hydrogen-bond donors (Lipinski definition) is 2. The maximum Gasteiger partial charge on any atom is 0.243 e. The molecule has 2 unspecified atom stereocenters. The van der Waals surface area contributed by atoms with E-state index in [1.54, 1.807) is 4.90 Å². The molecule has 40 heavy (non-hydrogen) atoms. The van der Waals surface area contributed by atoms with Crippen molar-refractivity contribution in [1.29, 1.82) is 0 Å². The van der Waals surface area contributed by atoms with Crippen LogP contribution < -0.4 is 10.6 Å². The van der Waals surface area contributed by atoms with Crippen molar-refractivity contribution in [2.75, 3.05) is 45.9 Å². The van der Waals surface area contributed by atoms with E-state index in [-0.39, 0.29) is 36.7 Å². The normalized spacial score (nSPS) is 18.1. The molecule has 2 heterocycles. The van der Waals surface area contributed by atoms with Gasteiger partial charge < -0.3 is 25.2 Å². The molecule has 0 aliphatic carbocycles. The van der Waals surface area contributed by atoms with E-state index in [2.05, 4.69) is 46.7 Å². The third kappa shape index (κ3) is 8.38. The third-order valence-electron chi connectivity index (χ3n) is 7.97. The lowest BCUT2D eigenvalue weighted by Crippen LogP contribution is -2.49. The molecule has 2 saturated heterocycles. The molecule has 8 nitrogen and oxygen atoms in total. The van der Waals surface area contributed by atoms with Crippen LogP contribution in [-0.4, -0.2) is 79.5 Å². The molecule has 3 amide bonds. The molecule has 2 aromatic carbocycles. The van der Waals surface area contributed by atoms with Crippen LogP contribution in [0.3, 0.4) is 0 Å². The summed E-state index contributed by atoms with van der Waals surface area (Å²) in [4.78, 5) is 42.2. The zero-order valence-corrected chi connectivity index (χ0v) is 24.0. The molecule has 2 fully saturated rings. The quantitative estimate of drug-likeness (QED) is 0.371. The SMILES string of the molecule is Cc1ccccc1-c1ccc(C(C)NC(=O)C2CCCN2C(=O)CNC(=O)CCOCCCN2CCCC2)cc1. The van der Waals surface area contributed by atoms with Gasteiger partial charge in [0, 0.05) is 26.1 Å². The van der Waals surface area contributed by atoms with Gasteiger partial charge in [0.2, 0.25) is 17.7 Å². The van der Waals surface area contributed by atoms with Crippen LogP contribution in [0.2, 0.25) is 0 Å². The maximum absolute atomic E-state index is 13.1. The first-order valence-corrected chi connectivity index (χ1v) is 14.7. The molecule has 0 aromatic heterocycles. The first-order chi connectivity index (χ1) is 19.4. The van der Waals surface area contributed by atoms with Crippen LogP contribution in [0.5, 0.6) is 0 Å². The second-order valence-electron chi connectivity index (χ2n) is 11.0. The Hall–Kier alpha value is -3.23. The average Bonchev–Trinajstić information content (AvgIpc) is 3.67. The van der Waals surface area contributed by atoms with E-state index in [9.17, 15) is 14.4 Å². The number of likely N-dealkylation sites (tertiary alicyclic amines) is 2. The molecule has 0 bridgehead atoms. The molecule has 2 aliphatic rings. The van der Waals surface area contributed by atoms with Crippen molar-refractivity contribution in [1.82, 2.24) is 20.4 Å². The van der Waals surface area contributed by atoms with Crippen molar-refractivity contribution in [2.24, 2.45) is 0 Å². The van der Waals surface area contributed by atoms with Gasteiger partial charge in [0.1, 0.15) is 6.04 Å². The first-order valence-electron chi connectivity index (χ1n) is 14.7. The number of benzene rings is 2. The number of carbonyl (C=O) groups is 3. The summed E-state index contributed by atoms with van der Waals surface area (Å²) in [5.74, 6) is -0.599.